The van der Waals surface area contributed by atoms with Crippen LogP contribution in [-0.4, -0.2) is 65.3 Å². The van der Waals surface area contributed by atoms with Crippen molar-refractivity contribution < 1.29 is 24.5 Å². The molecule has 3 atom stereocenters. The first-order valence-corrected chi connectivity index (χ1v) is 21.6. The van der Waals surface area contributed by atoms with Gasteiger partial charge in [0.1, 0.15) is 11.9 Å². The summed E-state index contributed by atoms with van der Waals surface area (Å²) in [4.78, 5) is 27.3. The maximum absolute atomic E-state index is 12.6. The topological polar surface area (TPSA) is 87.1 Å². The number of Topliss-reactive ketones (excluding diaryl/α,β-unsaturated/α-hetero) is 1. The Bertz CT molecular complexity index is 716. The van der Waals surface area contributed by atoms with Crippen LogP contribution in [0, 0.1) is 5.92 Å². The minimum absolute atomic E-state index is 0.0302. The van der Waals surface area contributed by atoms with Crippen molar-refractivity contribution in [1.82, 2.24) is 4.90 Å². The van der Waals surface area contributed by atoms with Gasteiger partial charge in [0.25, 0.3) is 0 Å². The highest BCUT2D eigenvalue weighted by Gasteiger charge is 2.15. The van der Waals surface area contributed by atoms with Gasteiger partial charge in [-0.3, -0.25) is 9.59 Å². The maximum Gasteiger partial charge on any atom is 0.306 e. The summed E-state index contributed by atoms with van der Waals surface area (Å²) < 4.78 is 5.76. The summed E-state index contributed by atoms with van der Waals surface area (Å²) in [6, 6.07) is 0. The minimum Gasteiger partial charge on any atom is -0.462 e. The van der Waals surface area contributed by atoms with Crippen LogP contribution in [0.25, 0.3) is 0 Å². The first kappa shape index (κ1) is 48.0. The number of ether oxygens (including phenoxy) is 1. The normalized spacial score (nSPS) is 13.5. The molecule has 0 heterocycles. The van der Waals surface area contributed by atoms with E-state index in [1.807, 2.05) is 0 Å². The van der Waals surface area contributed by atoms with Gasteiger partial charge in [0, 0.05) is 32.4 Å². The molecular formula is C43H85NO5. The van der Waals surface area contributed by atoms with E-state index >= 15 is 0 Å². The predicted molar refractivity (Wildman–Crippen MR) is 209 cm³/mol. The Hall–Kier alpha value is -0.980. The molecule has 0 fully saturated rings. The quantitative estimate of drug-likeness (QED) is 0.0492. The first-order valence-electron chi connectivity index (χ1n) is 21.6. The Morgan fingerprint density at radius 1 is 0.571 bits per heavy atom. The fourth-order valence-corrected chi connectivity index (χ4v) is 6.98. The van der Waals surface area contributed by atoms with Crippen LogP contribution >= 0.6 is 0 Å². The van der Waals surface area contributed by atoms with Crippen molar-refractivity contribution >= 4 is 11.8 Å². The van der Waals surface area contributed by atoms with Crippen molar-refractivity contribution in [3.63, 3.8) is 0 Å². The van der Waals surface area contributed by atoms with Crippen molar-refractivity contribution in [3.8, 4) is 0 Å². The van der Waals surface area contributed by atoms with E-state index < -0.39 is 0 Å². The summed E-state index contributed by atoms with van der Waals surface area (Å²) in [5.74, 6) is 0.953. The van der Waals surface area contributed by atoms with Gasteiger partial charge in [-0.25, -0.2) is 0 Å². The SMILES string of the molecule is CCCCCCCCC(CC)CC(=O)CCCCCC(O)CN(CCCCO)CCCCCCCC(=O)OC(CC)CCCCCCCC. The molecule has 0 aromatic carbocycles. The zero-order valence-corrected chi connectivity index (χ0v) is 33.3. The van der Waals surface area contributed by atoms with Crippen LogP contribution in [-0.2, 0) is 14.3 Å². The number of unbranched alkanes of at least 4 members (excludes halogenated alkanes) is 17. The number of ketones is 1. The summed E-state index contributed by atoms with van der Waals surface area (Å²) in [5, 5.41) is 20.0. The molecule has 2 N–H and O–H groups in total. The third-order valence-electron chi connectivity index (χ3n) is 10.4. The van der Waals surface area contributed by atoms with E-state index in [-0.39, 0.29) is 24.8 Å². The number of carbonyl (C=O) groups excluding carboxylic acids is 2. The van der Waals surface area contributed by atoms with Crippen LogP contribution in [0.1, 0.15) is 220 Å². The number of esters is 1. The summed E-state index contributed by atoms with van der Waals surface area (Å²) in [7, 11) is 0. The molecule has 0 aromatic rings. The molecule has 0 aliphatic carbocycles. The molecule has 0 aliphatic rings. The molecule has 0 aromatic heterocycles. The van der Waals surface area contributed by atoms with Gasteiger partial charge in [0.15, 0.2) is 0 Å². The average Bonchev–Trinajstić information content (AvgIpc) is 3.09. The second-order valence-corrected chi connectivity index (χ2v) is 15.2. The molecule has 0 bridgehead atoms. The van der Waals surface area contributed by atoms with Gasteiger partial charge in [0.2, 0.25) is 0 Å². The zero-order chi connectivity index (χ0) is 36.2. The first-order chi connectivity index (χ1) is 23.9. The summed E-state index contributed by atoms with van der Waals surface area (Å²) in [5.41, 5.74) is 0. The molecule has 0 amide bonds. The van der Waals surface area contributed by atoms with Crippen LogP contribution in [0.3, 0.4) is 0 Å². The number of aliphatic hydroxyl groups is 2. The Kier molecular flexibility index (Phi) is 36.1. The molecule has 6 nitrogen and oxygen atoms in total. The van der Waals surface area contributed by atoms with Gasteiger partial charge in [-0.1, -0.05) is 143 Å². The zero-order valence-electron chi connectivity index (χ0n) is 33.3. The van der Waals surface area contributed by atoms with Crippen LogP contribution in [0.4, 0.5) is 0 Å². The molecule has 0 saturated heterocycles. The van der Waals surface area contributed by atoms with Crippen molar-refractivity contribution in [1.29, 1.82) is 0 Å². The largest absolute Gasteiger partial charge is 0.462 e. The maximum atomic E-state index is 12.6. The Morgan fingerprint density at radius 2 is 1.08 bits per heavy atom. The Balaban J connectivity index is 4.11. The number of carbonyl (C=O) groups is 2. The molecule has 0 radical (unpaired) electrons. The van der Waals surface area contributed by atoms with Crippen LogP contribution in [0.2, 0.25) is 0 Å². The number of hydrogen-bond donors (Lipinski definition) is 2. The van der Waals surface area contributed by atoms with Crippen LogP contribution in [0.15, 0.2) is 0 Å². The standard InChI is InChI=1S/C43H85NO5/c1-5-9-11-13-16-21-29-39(7-3)37-40(46)30-22-20-23-31-41(47)38-44(35-27-28-36-45)34-26-19-15-18-25-33-43(48)49-42(8-4)32-24-17-14-12-10-6-2/h39,41-42,45,47H,5-38H2,1-4H3. The van der Waals surface area contributed by atoms with E-state index in [2.05, 4.69) is 32.6 Å². The number of aliphatic hydroxyl groups excluding tert-OH is 2. The summed E-state index contributed by atoms with van der Waals surface area (Å²) in [6.45, 7) is 11.6. The van der Waals surface area contributed by atoms with Gasteiger partial charge in [-0.15, -0.1) is 0 Å². The molecule has 0 aliphatic heterocycles. The highest BCUT2D eigenvalue weighted by atomic mass is 16.5. The summed E-state index contributed by atoms with van der Waals surface area (Å²) >= 11 is 0. The monoisotopic (exact) mass is 696 g/mol. The molecular weight excluding hydrogens is 610 g/mol. The second-order valence-electron chi connectivity index (χ2n) is 15.2. The average molecular weight is 696 g/mol. The molecule has 0 saturated carbocycles. The Labute approximate surface area is 305 Å². The fourth-order valence-electron chi connectivity index (χ4n) is 6.98. The lowest BCUT2D eigenvalue weighted by Gasteiger charge is -2.25. The van der Waals surface area contributed by atoms with E-state index in [9.17, 15) is 19.8 Å². The van der Waals surface area contributed by atoms with E-state index in [0.29, 0.717) is 31.1 Å². The van der Waals surface area contributed by atoms with Crippen LogP contribution < -0.4 is 0 Å². The molecule has 49 heavy (non-hydrogen) atoms. The fraction of sp³-hybridized carbons (Fsp3) is 0.953. The second kappa shape index (κ2) is 36.8. The third kappa shape index (κ3) is 32.7. The predicted octanol–water partition coefficient (Wildman–Crippen LogP) is 11.5. The van der Waals surface area contributed by atoms with E-state index in [0.717, 1.165) is 116 Å². The van der Waals surface area contributed by atoms with Gasteiger partial charge in [-0.2, -0.15) is 0 Å². The number of hydrogen-bond acceptors (Lipinski definition) is 6. The lowest BCUT2D eigenvalue weighted by molar-refractivity contribution is -0.149. The van der Waals surface area contributed by atoms with Gasteiger partial charge in [-0.05, 0) is 76.8 Å². The molecule has 3 unspecified atom stereocenters. The van der Waals surface area contributed by atoms with Gasteiger partial charge in [0.05, 0.1) is 6.10 Å². The number of nitrogens with zero attached hydrogens (tertiary/aromatic N) is 1. The molecule has 0 spiro atoms. The van der Waals surface area contributed by atoms with Gasteiger partial charge >= 0.3 is 5.97 Å². The smallest absolute Gasteiger partial charge is 0.306 e. The van der Waals surface area contributed by atoms with E-state index in [4.69, 9.17) is 4.74 Å². The highest BCUT2D eigenvalue weighted by molar-refractivity contribution is 5.78. The van der Waals surface area contributed by atoms with E-state index in [1.165, 1.54) is 77.0 Å². The molecule has 0 rings (SSSR count). The summed E-state index contributed by atoms with van der Waals surface area (Å²) in [6.07, 6.45) is 32.2. The molecule has 6 heteroatoms. The van der Waals surface area contributed by atoms with Crippen molar-refractivity contribution in [2.75, 3.05) is 26.2 Å². The minimum atomic E-state index is -0.342. The number of rotatable bonds is 39. The molecule has 292 valence electrons. The lowest BCUT2D eigenvalue weighted by Crippen LogP contribution is -2.34. The van der Waals surface area contributed by atoms with Crippen molar-refractivity contribution in [2.45, 2.75) is 233 Å². The van der Waals surface area contributed by atoms with Crippen LogP contribution in [0.5, 0.6) is 0 Å². The van der Waals surface area contributed by atoms with Gasteiger partial charge < -0.3 is 19.8 Å². The van der Waals surface area contributed by atoms with Crippen molar-refractivity contribution in [3.05, 3.63) is 0 Å². The lowest BCUT2D eigenvalue weighted by atomic mass is 9.91. The van der Waals surface area contributed by atoms with E-state index in [1.54, 1.807) is 0 Å². The third-order valence-corrected chi connectivity index (χ3v) is 10.4. The highest BCUT2D eigenvalue weighted by Crippen LogP contribution is 2.21. The van der Waals surface area contributed by atoms with Crippen molar-refractivity contribution in [2.24, 2.45) is 5.92 Å². The Morgan fingerprint density at radius 3 is 1.69 bits per heavy atom.